The molecule has 1 aliphatic heterocycles. The van der Waals surface area contributed by atoms with Crippen LogP contribution in [0.3, 0.4) is 0 Å². The highest BCUT2D eigenvalue weighted by atomic mass is 35.5. The fourth-order valence-corrected chi connectivity index (χ4v) is 1.92. The number of ether oxygens (including phenoxy) is 2. The molecular formula is C12H14ClNO4. The van der Waals surface area contributed by atoms with Crippen LogP contribution in [0.4, 0.5) is 0 Å². The highest BCUT2D eigenvalue weighted by molar-refractivity contribution is 6.16. The van der Waals surface area contributed by atoms with Gasteiger partial charge in [-0.05, 0) is 19.1 Å². The Balaban J connectivity index is 2.19. The van der Waals surface area contributed by atoms with E-state index in [4.69, 9.17) is 25.5 Å². The van der Waals surface area contributed by atoms with Gasteiger partial charge in [0.15, 0.2) is 18.0 Å². The SMILES string of the molecule is CCOC(=O)C1N=C(C)OC1c1ccc(CCl)o1. The monoisotopic (exact) mass is 271 g/mol. The van der Waals surface area contributed by atoms with Gasteiger partial charge in [0.2, 0.25) is 0 Å². The standard InChI is InChI=1S/C12H14ClNO4/c1-3-16-12(15)10-11(17-7(2)14-10)9-5-4-8(6-13)18-9/h4-5,10-11H,3,6H2,1-2H3. The van der Waals surface area contributed by atoms with E-state index in [-0.39, 0.29) is 5.88 Å². The van der Waals surface area contributed by atoms with Gasteiger partial charge >= 0.3 is 5.97 Å². The third-order valence-electron chi connectivity index (χ3n) is 2.53. The summed E-state index contributed by atoms with van der Waals surface area (Å²) in [6, 6.07) is 2.78. The van der Waals surface area contributed by atoms with Gasteiger partial charge in [-0.25, -0.2) is 9.79 Å². The summed E-state index contributed by atoms with van der Waals surface area (Å²) in [5.74, 6) is 1.47. The molecule has 0 aliphatic carbocycles. The lowest BCUT2D eigenvalue weighted by Crippen LogP contribution is -2.26. The van der Waals surface area contributed by atoms with E-state index in [1.54, 1.807) is 26.0 Å². The quantitative estimate of drug-likeness (QED) is 0.623. The maximum absolute atomic E-state index is 11.8. The van der Waals surface area contributed by atoms with Gasteiger partial charge < -0.3 is 13.9 Å². The molecule has 0 radical (unpaired) electrons. The first kappa shape index (κ1) is 13.0. The van der Waals surface area contributed by atoms with Crippen molar-refractivity contribution in [2.45, 2.75) is 31.9 Å². The number of nitrogens with zero attached hydrogens (tertiary/aromatic N) is 1. The number of furan rings is 1. The minimum absolute atomic E-state index is 0.274. The number of rotatable bonds is 4. The van der Waals surface area contributed by atoms with Crippen molar-refractivity contribution in [3.63, 3.8) is 0 Å². The van der Waals surface area contributed by atoms with E-state index >= 15 is 0 Å². The lowest BCUT2D eigenvalue weighted by Gasteiger charge is -2.13. The van der Waals surface area contributed by atoms with Crippen molar-refractivity contribution in [1.82, 2.24) is 0 Å². The minimum atomic E-state index is -0.709. The molecule has 5 nitrogen and oxygen atoms in total. The Labute approximate surface area is 110 Å². The van der Waals surface area contributed by atoms with E-state index in [0.29, 0.717) is 24.0 Å². The molecule has 0 saturated heterocycles. The number of hydrogen-bond donors (Lipinski definition) is 0. The summed E-state index contributed by atoms with van der Waals surface area (Å²) >= 11 is 5.67. The highest BCUT2D eigenvalue weighted by Crippen LogP contribution is 2.31. The molecule has 18 heavy (non-hydrogen) atoms. The van der Waals surface area contributed by atoms with Gasteiger partial charge in [-0.1, -0.05) is 0 Å². The Hall–Kier alpha value is -1.49. The van der Waals surface area contributed by atoms with Crippen molar-refractivity contribution in [1.29, 1.82) is 0 Å². The first-order chi connectivity index (χ1) is 8.65. The summed E-state index contributed by atoms with van der Waals surface area (Å²) in [7, 11) is 0. The van der Waals surface area contributed by atoms with E-state index < -0.39 is 18.1 Å². The van der Waals surface area contributed by atoms with Gasteiger partial charge in [0.1, 0.15) is 11.5 Å². The molecule has 2 heterocycles. The lowest BCUT2D eigenvalue weighted by atomic mass is 10.1. The molecule has 2 rings (SSSR count). The van der Waals surface area contributed by atoms with Crippen LogP contribution in [0.25, 0.3) is 0 Å². The second kappa shape index (κ2) is 5.44. The largest absolute Gasteiger partial charge is 0.467 e. The number of carbonyl (C=O) groups excluding carboxylic acids is 1. The predicted octanol–water partition coefficient (Wildman–Crippen LogP) is 2.44. The van der Waals surface area contributed by atoms with Crippen LogP contribution >= 0.6 is 11.6 Å². The molecule has 0 amide bonds. The number of carbonyl (C=O) groups is 1. The van der Waals surface area contributed by atoms with Crippen LogP contribution in [-0.4, -0.2) is 24.5 Å². The molecule has 6 heteroatoms. The van der Waals surface area contributed by atoms with Crippen molar-refractivity contribution in [2.75, 3.05) is 6.61 Å². The molecule has 0 N–H and O–H groups in total. The molecule has 1 aromatic rings. The molecule has 0 saturated carbocycles. The Morgan fingerprint density at radius 3 is 2.94 bits per heavy atom. The molecule has 2 unspecified atom stereocenters. The van der Waals surface area contributed by atoms with E-state index in [2.05, 4.69) is 4.99 Å². The van der Waals surface area contributed by atoms with Gasteiger partial charge in [-0.3, -0.25) is 0 Å². The number of hydrogen-bond acceptors (Lipinski definition) is 5. The first-order valence-corrected chi connectivity index (χ1v) is 6.21. The zero-order chi connectivity index (χ0) is 13.1. The van der Waals surface area contributed by atoms with Crippen LogP contribution < -0.4 is 0 Å². The van der Waals surface area contributed by atoms with Crippen LogP contribution in [0.2, 0.25) is 0 Å². The number of halogens is 1. The Morgan fingerprint density at radius 1 is 1.56 bits per heavy atom. The summed E-state index contributed by atoms with van der Waals surface area (Å²) in [6.07, 6.45) is -0.569. The van der Waals surface area contributed by atoms with Gasteiger partial charge in [0.05, 0.1) is 12.5 Å². The lowest BCUT2D eigenvalue weighted by molar-refractivity contribution is -0.146. The zero-order valence-corrected chi connectivity index (χ0v) is 10.9. The predicted molar refractivity (Wildman–Crippen MR) is 65.6 cm³/mol. The number of aliphatic imine (C=N–C) groups is 1. The van der Waals surface area contributed by atoms with E-state index in [1.165, 1.54) is 0 Å². The molecule has 0 spiro atoms. The molecule has 0 fully saturated rings. The summed E-state index contributed by atoms with van der Waals surface area (Å²) in [6.45, 7) is 3.75. The van der Waals surface area contributed by atoms with Crippen LogP contribution in [-0.2, 0) is 20.1 Å². The van der Waals surface area contributed by atoms with Gasteiger partial charge in [-0.15, -0.1) is 11.6 Å². The molecule has 0 bridgehead atoms. The van der Waals surface area contributed by atoms with Crippen LogP contribution in [0, 0.1) is 0 Å². The fourth-order valence-electron chi connectivity index (χ4n) is 1.78. The average Bonchev–Trinajstić information content (AvgIpc) is 2.95. The van der Waals surface area contributed by atoms with Crippen molar-refractivity contribution in [3.05, 3.63) is 23.7 Å². The molecule has 2 atom stereocenters. The summed E-state index contributed by atoms with van der Waals surface area (Å²) in [4.78, 5) is 15.9. The summed E-state index contributed by atoms with van der Waals surface area (Å²) in [5.41, 5.74) is 0. The Kier molecular flexibility index (Phi) is 3.91. The summed E-state index contributed by atoms with van der Waals surface area (Å²) in [5, 5.41) is 0. The smallest absolute Gasteiger partial charge is 0.335 e. The van der Waals surface area contributed by atoms with Gasteiger partial charge in [0, 0.05) is 6.92 Å². The van der Waals surface area contributed by atoms with E-state index in [1.807, 2.05) is 0 Å². The van der Waals surface area contributed by atoms with Crippen LogP contribution in [0.1, 0.15) is 31.5 Å². The highest BCUT2D eigenvalue weighted by Gasteiger charge is 2.39. The zero-order valence-electron chi connectivity index (χ0n) is 10.2. The molecule has 0 aromatic carbocycles. The van der Waals surface area contributed by atoms with Crippen molar-refractivity contribution < 1.29 is 18.7 Å². The number of alkyl halides is 1. The van der Waals surface area contributed by atoms with E-state index in [9.17, 15) is 4.79 Å². The average molecular weight is 272 g/mol. The molecule has 1 aliphatic rings. The van der Waals surface area contributed by atoms with Gasteiger partial charge in [-0.2, -0.15) is 0 Å². The molecule has 1 aromatic heterocycles. The Morgan fingerprint density at radius 2 is 2.33 bits per heavy atom. The first-order valence-electron chi connectivity index (χ1n) is 5.68. The van der Waals surface area contributed by atoms with Crippen molar-refractivity contribution in [2.24, 2.45) is 4.99 Å². The normalized spacial score (nSPS) is 22.5. The van der Waals surface area contributed by atoms with Gasteiger partial charge in [0.25, 0.3) is 0 Å². The second-order valence-corrected chi connectivity index (χ2v) is 4.09. The van der Waals surface area contributed by atoms with Crippen LogP contribution in [0.5, 0.6) is 0 Å². The van der Waals surface area contributed by atoms with Crippen molar-refractivity contribution in [3.8, 4) is 0 Å². The van der Waals surface area contributed by atoms with Crippen LogP contribution in [0.15, 0.2) is 21.5 Å². The minimum Gasteiger partial charge on any atom is -0.467 e. The second-order valence-electron chi connectivity index (χ2n) is 3.82. The molecule has 98 valence electrons. The molecular weight excluding hydrogens is 258 g/mol. The topological polar surface area (TPSA) is 61.0 Å². The summed E-state index contributed by atoms with van der Waals surface area (Å²) < 4.78 is 15.9. The third kappa shape index (κ3) is 2.51. The number of esters is 1. The fraction of sp³-hybridized carbons (Fsp3) is 0.500. The van der Waals surface area contributed by atoms with Crippen molar-refractivity contribution >= 4 is 23.5 Å². The Bertz CT molecular complexity index is 468. The van der Waals surface area contributed by atoms with E-state index in [0.717, 1.165) is 0 Å². The maximum Gasteiger partial charge on any atom is 0.335 e. The third-order valence-corrected chi connectivity index (χ3v) is 2.79. The maximum atomic E-state index is 11.8.